The van der Waals surface area contributed by atoms with Crippen LogP contribution in [0.25, 0.3) is 0 Å². The number of aromatic nitrogens is 1. The zero-order chi connectivity index (χ0) is 16.1. The van der Waals surface area contributed by atoms with Gasteiger partial charge in [-0.25, -0.2) is 9.78 Å². The maximum Gasteiger partial charge on any atom is 0.410 e. The highest BCUT2D eigenvalue weighted by molar-refractivity contribution is 6.31. The molecular weight excluding hydrogens is 304 g/mol. The number of hydrogen-bond acceptors (Lipinski definition) is 5. The third-order valence-corrected chi connectivity index (χ3v) is 3.70. The Morgan fingerprint density at radius 1 is 1.50 bits per heavy atom. The smallest absolute Gasteiger partial charge is 0.410 e. The monoisotopic (exact) mass is 322 g/mol. The summed E-state index contributed by atoms with van der Waals surface area (Å²) in [6, 6.07) is 5.58. The van der Waals surface area contributed by atoms with E-state index in [0.717, 1.165) is 12.8 Å². The van der Waals surface area contributed by atoms with Gasteiger partial charge in [0.25, 0.3) is 0 Å². The van der Waals surface area contributed by atoms with Crippen molar-refractivity contribution in [3.05, 3.63) is 22.8 Å². The number of nitriles is 1. The Kier molecular flexibility index (Phi) is 5.45. The first kappa shape index (κ1) is 16.4. The van der Waals surface area contributed by atoms with E-state index in [2.05, 4.69) is 10.3 Å². The number of amides is 1. The molecule has 2 heterocycles. The normalized spacial score (nSPS) is 15.5. The van der Waals surface area contributed by atoms with Crippen LogP contribution >= 0.6 is 11.6 Å². The molecule has 1 aromatic heterocycles. The van der Waals surface area contributed by atoms with Crippen molar-refractivity contribution in [2.24, 2.45) is 0 Å². The van der Waals surface area contributed by atoms with Crippen LogP contribution in [0.3, 0.4) is 0 Å². The Morgan fingerprint density at radius 2 is 2.18 bits per heavy atom. The number of hydrogen-bond donors (Lipinski definition) is 1. The molecule has 0 saturated carbocycles. The van der Waals surface area contributed by atoms with Crippen LogP contribution in [0.5, 0.6) is 0 Å². The van der Waals surface area contributed by atoms with Crippen LogP contribution in [0.2, 0.25) is 5.02 Å². The topological polar surface area (TPSA) is 78.2 Å². The number of nitrogens with zero attached hydrogens (tertiary/aromatic N) is 3. The number of piperidine rings is 1. The van der Waals surface area contributed by atoms with Crippen LogP contribution in [0.4, 0.5) is 10.6 Å². The van der Waals surface area contributed by atoms with Gasteiger partial charge in [0, 0.05) is 19.1 Å². The van der Waals surface area contributed by atoms with Gasteiger partial charge in [0.05, 0.1) is 11.1 Å². The zero-order valence-electron chi connectivity index (χ0n) is 12.7. The van der Waals surface area contributed by atoms with Gasteiger partial charge in [-0.3, -0.25) is 0 Å². The highest BCUT2D eigenvalue weighted by Gasteiger charge is 2.24. The minimum Gasteiger partial charge on any atom is -0.447 e. The Hall–Kier alpha value is -2.00. The van der Waals surface area contributed by atoms with Crippen LogP contribution in [0, 0.1) is 11.3 Å². The van der Waals surface area contributed by atoms with E-state index in [4.69, 9.17) is 21.6 Å². The summed E-state index contributed by atoms with van der Waals surface area (Å²) in [5.41, 5.74) is 0.213. The molecule has 0 aromatic carbocycles. The first-order valence-corrected chi connectivity index (χ1v) is 7.66. The average Bonchev–Trinajstić information content (AvgIpc) is 2.49. The second-order valence-electron chi connectivity index (χ2n) is 5.48. The molecule has 1 saturated heterocycles. The Morgan fingerprint density at radius 3 is 2.77 bits per heavy atom. The molecular formula is C15H19ClN4O2. The van der Waals surface area contributed by atoms with Gasteiger partial charge in [-0.1, -0.05) is 11.6 Å². The quantitative estimate of drug-likeness (QED) is 0.925. The predicted molar refractivity (Wildman–Crippen MR) is 83.8 cm³/mol. The number of likely N-dealkylation sites (tertiary alicyclic amines) is 1. The molecule has 1 aliphatic heterocycles. The number of carbonyl (C=O) groups excluding carboxylic acids is 1. The van der Waals surface area contributed by atoms with Crippen molar-refractivity contribution in [3.8, 4) is 6.07 Å². The van der Waals surface area contributed by atoms with Gasteiger partial charge in [-0.15, -0.1) is 0 Å². The number of ether oxygens (including phenoxy) is 1. The van der Waals surface area contributed by atoms with E-state index in [1.165, 1.54) is 0 Å². The molecule has 0 radical (unpaired) electrons. The molecule has 1 aromatic rings. The maximum atomic E-state index is 11.8. The average molecular weight is 323 g/mol. The Labute approximate surface area is 135 Å². The molecule has 1 fully saturated rings. The van der Waals surface area contributed by atoms with Gasteiger partial charge in [0.15, 0.2) is 5.69 Å². The van der Waals surface area contributed by atoms with Gasteiger partial charge in [-0.2, -0.15) is 5.26 Å². The fraction of sp³-hybridized carbons (Fsp3) is 0.533. The van der Waals surface area contributed by atoms with Crippen LogP contribution < -0.4 is 5.32 Å². The summed E-state index contributed by atoms with van der Waals surface area (Å²) in [6.07, 6.45) is 1.24. The van der Waals surface area contributed by atoms with Crippen LogP contribution in [-0.4, -0.2) is 41.2 Å². The number of nitrogens with one attached hydrogen (secondary N) is 1. The summed E-state index contributed by atoms with van der Waals surface area (Å²) >= 11 is 5.86. The van der Waals surface area contributed by atoms with Gasteiger partial charge in [0.2, 0.25) is 0 Å². The van der Waals surface area contributed by atoms with Crippen LogP contribution in [0.15, 0.2) is 12.1 Å². The predicted octanol–water partition coefficient (Wildman–Crippen LogP) is 3.03. The third-order valence-electron chi connectivity index (χ3n) is 3.39. The molecule has 0 spiro atoms. The van der Waals surface area contributed by atoms with Crippen molar-refractivity contribution in [2.75, 3.05) is 18.4 Å². The van der Waals surface area contributed by atoms with E-state index in [0.29, 0.717) is 23.9 Å². The van der Waals surface area contributed by atoms with Crippen molar-refractivity contribution >= 4 is 23.5 Å². The standard InChI is InChI=1S/C15H19ClN4O2/c1-10(2)22-15(21)20-7-5-11(6-8-20)18-14-4-3-12(16)13(9-17)19-14/h3-4,10-11H,5-8H2,1-2H3,(H,18,19). The Bertz CT molecular complexity index is 577. The van der Waals surface area contributed by atoms with E-state index in [1.54, 1.807) is 17.0 Å². The lowest BCUT2D eigenvalue weighted by molar-refractivity contribution is 0.0701. The molecule has 0 aliphatic carbocycles. The van der Waals surface area contributed by atoms with Gasteiger partial charge in [0.1, 0.15) is 11.9 Å². The number of carbonyl (C=O) groups is 1. The molecule has 1 amide bonds. The van der Waals surface area contributed by atoms with E-state index < -0.39 is 0 Å². The summed E-state index contributed by atoms with van der Waals surface area (Å²) in [6.45, 7) is 4.96. The van der Waals surface area contributed by atoms with Gasteiger partial charge >= 0.3 is 6.09 Å². The largest absolute Gasteiger partial charge is 0.447 e. The molecule has 22 heavy (non-hydrogen) atoms. The van der Waals surface area contributed by atoms with Crippen molar-refractivity contribution in [3.63, 3.8) is 0 Å². The minimum atomic E-state index is -0.259. The summed E-state index contributed by atoms with van der Waals surface area (Å²) in [7, 11) is 0. The summed E-state index contributed by atoms with van der Waals surface area (Å²) in [4.78, 5) is 17.7. The molecule has 118 valence electrons. The van der Waals surface area contributed by atoms with E-state index in [-0.39, 0.29) is 23.9 Å². The van der Waals surface area contributed by atoms with Crippen molar-refractivity contribution in [1.82, 2.24) is 9.88 Å². The molecule has 7 heteroatoms. The van der Waals surface area contributed by atoms with E-state index >= 15 is 0 Å². The molecule has 0 atom stereocenters. The number of rotatable bonds is 3. The zero-order valence-corrected chi connectivity index (χ0v) is 13.4. The molecule has 6 nitrogen and oxygen atoms in total. The molecule has 0 unspecified atom stereocenters. The van der Waals surface area contributed by atoms with E-state index in [1.807, 2.05) is 19.9 Å². The van der Waals surface area contributed by atoms with Crippen molar-refractivity contribution < 1.29 is 9.53 Å². The lowest BCUT2D eigenvalue weighted by Crippen LogP contribution is -2.43. The van der Waals surface area contributed by atoms with Crippen molar-refractivity contribution in [1.29, 1.82) is 5.26 Å². The molecule has 1 aliphatic rings. The Balaban J connectivity index is 1.88. The number of halogens is 1. The fourth-order valence-electron chi connectivity index (χ4n) is 2.29. The lowest BCUT2D eigenvalue weighted by atomic mass is 10.1. The fourth-order valence-corrected chi connectivity index (χ4v) is 2.44. The second kappa shape index (κ2) is 7.32. The summed E-state index contributed by atoms with van der Waals surface area (Å²) < 4.78 is 5.19. The summed E-state index contributed by atoms with van der Waals surface area (Å²) in [5, 5.41) is 12.6. The van der Waals surface area contributed by atoms with Gasteiger partial charge < -0.3 is 15.0 Å². The maximum absolute atomic E-state index is 11.8. The molecule has 1 N–H and O–H groups in total. The van der Waals surface area contributed by atoms with Crippen molar-refractivity contribution in [2.45, 2.75) is 38.8 Å². The third kappa shape index (κ3) is 4.25. The SMILES string of the molecule is CC(C)OC(=O)N1CCC(Nc2ccc(Cl)c(C#N)n2)CC1. The first-order chi connectivity index (χ1) is 10.5. The lowest BCUT2D eigenvalue weighted by Gasteiger charge is -2.32. The van der Waals surface area contributed by atoms with Crippen LogP contribution in [0.1, 0.15) is 32.4 Å². The minimum absolute atomic E-state index is 0.106. The molecule has 2 rings (SSSR count). The highest BCUT2D eigenvalue weighted by atomic mass is 35.5. The van der Waals surface area contributed by atoms with Gasteiger partial charge in [-0.05, 0) is 38.8 Å². The van der Waals surface area contributed by atoms with E-state index in [9.17, 15) is 4.79 Å². The first-order valence-electron chi connectivity index (χ1n) is 7.28. The number of anilines is 1. The highest BCUT2D eigenvalue weighted by Crippen LogP contribution is 2.19. The second-order valence-corrected chi connectivity index (χ2v) is 5.88. The molecule has 0 bridgehead atoms. The van der Waals surface area contributed by atoms with Crippen LogP contribution in [-0.2, 0) is 4.74 Å². The number of pyridine rings is 1. The summed E-state index contributed by atoms with van der Waals surface area (Å²) in [5.74, 6) is 0.629.